The molecule has 0 unspecified atom stereocenters. The molecule has 0 saturated carbocycles. The summed E-state index contributed by atoms with van der Waals surface area (Å²) < 4.78 is 1.13. The van der Waals surface area contributed by atoms with Gasteiger partial charge in [-0.2, -0.15) is 0 Å². The van der Waals surface area contributed by atoms with E-state index in [1.165, 1.54) is 11.3 Å². The summed E-state index contributed by atoms with van der Waals surface area (Å²) in [6.45, 7) is 14.3. The minimum absolute atomic E-state index is 0.128. The molecule has 1 aromatic rings. The van der Waals surface area contributed by atoms with Crippen LogP contribution < -0.4 is 10.2 Å². The lowest BCUT2D eigenvalue weighted by Crippen LogP contribution is -2.42. The molecular formula is C17H29BrN2. The molecule has 0 aliphatic rings. The summed E-state index contributed by atoms with van der Waals surface area (Å²) in [6.07, 6.45) is 1.11. The average Bonchev–Trinajstić information content (AvgIpc) is 2.35. The molecule has 0 saturated heterocycles. The van der Waals surface area contributed by atoms with Gasteiger partial charge in [0.25, 0.3) is 0 Å². The summed E-state index contributed by atoms with van der Waals surface area (Å²) in [7, 11) is 2.19. The Kier molecular flexibility index (Phi) is 5.68. The summed E-state index contributed by atoms with van der Waals surface area (Å²) >= 11 is 3.60. The summed E-state index contributed by atoms with van der Waals surface area (Å²) in [5.41, 5.74) is 2.91. The molecule has 1 aromatic carbocycles. The normalized spacial score (nSPS) is 12.6. The van der Waals surface area contributed by atoms with Gasteiger partial charge in [0.2, 0.25) is 0 Å². The predicted molar refractivity (Wildman–Crippen MR) is 93.5 cm³/mol. The molecule has 20 heavy (non-hydrogen) atoms. The van der Waals surface area contributed by atoms with Crippen LogP contribution in [0.15, 0.2) is 22.7 Å². The van der Waals surface area contributed by atoms with E-state index in [2.05, 4.69) is 92.9 Å². The van der Waals surface area contributed by atoms with Crippen LogP contribution in [0.25, 0.3) is 0 Å². The van der Waals surface area contributed by atoms with E-state index in [-0.39, 0.29) is 11.1 Å². The van der Waals surface area contributed by atoms with Crippen LogP contribution in [0, 0.1) is 0 Å². The monoisotopic (exact) mass is 340 g/mol. The van der Waals surface area contributed by atoms with Gasteiger partial charge in [-0.05, 0) is 58.7 Å². The van der Waals surface area contributed by atoms with Crippen molar-refractivity contribution in [3.05, 3.63) is 28.2 Å². The van der Waals surface area contributed by atoms with Crippen molar-refractivity contribution >= 4 is 21.6 Å². The first-order chi connectivity index (χ1) is 9.07. The summed E-state index contributed by atoms with van der Waals surface area (Å²) in [4.78, 5) is 2.39. The molecule has 0 amide bonds. The number of hydrogen-bond acceptors (Lipinski definition) is 2. The highest BCUT2D eigenvalue weighted by Crippen LogP contribution is 2.31. The van der Waals surface area contributed by atoms with Crippen LogP contribution in [-0.2, 0) is 6.54 Å². The van der Waals surface area contributed by atoms with Crippen LogP contribution in [0.2, 0.25) is 0 Å². The first-order valence-corrected chi connectivity index (χ1v) is 8.13. The Morgan fingerprint density at radius 3 is 2.25 bits per heavy atom. The van der Waals surface area contributed by atoms with Crippen LogP contribution in [0.1, 0.15) is 53.5 Å². The molecule has 0 bridgehead atoms. The van der Waals surface area contributed by atoms with Gasteiger partial charge >= 0.3 is 0 Å². The molecule has 0 aliphatic heterocycles. The number of benzene rings is 1. The van der Waals surface area contributed by atoms with Crippen molar-refractivity contribution in [2.75, 3.05) is 11.9 Å². The van der Waals surface area contributed by atoms with Crippen molar-refractivity contribution < 1.29 is 0 Å². The third-order valence-corrected chi connectivity index (χ3v) is 4.48. The van der Waals surface area contributed by atoms with E-state index in [0.717, 1.165) is 17.4 Å². The lowest BCUT2D eigenvalue weighted by molar-refractivity contribution is 0.422. The summed E-state index contributed by atoms with van der Waals surface area (Å²) in [5.74, 6) is 0. The van der Waals surface area contributed by atoms with Gasteiger partial charge in [0, 0.05) is 34.8 Å². The number of rotatable bonds is 5. The van der Waals surface area contributed by atoms with Crippen LogP contribution in [0.5, 0.6) is 0 Å². The minimum atomic E-state index is 0.128. The van der Waals surface area contributed by atoms with Crippen molar-refractivity contribution in [2.45, 2.75) is 65.6 Å². The molecule has 3 heteroatoms. The average molecular weight is 341 g/mol. The Morgan fingerprint density at radius 1 is 1.15 bits per heavy atom. The molecule has 0 aromatic heterocycles. The Morgan fingerprint density at radius 2 is 1.75 bits per heavy atom. The van der Waals surface area contributed by atoms with Crippen molar-refractivity contribution in [2.24, 2.45) is 0 Å². The first kappa shape index (κ1) is 17.5. The van der Waals surface area contributed by atoms with Gasteiger partial charge in [-0.25, -0.2) is 0 Å². The third-order valence-electron chi connectivity index (χ3n) is 3.99. The van der Waals surface area contributed by atoms with Crippen LogP contribution in [0.4, 0.5) is 5.69 Å². The number of hydrogen-bond donors (Lipinski definition) is 1. The van der Waals surface area contributed by atoms with E-state index < -0.39 is 0 Å². The van der Waals surface area contributed by atoms with Crippen LogP contribution in [0.3, 0.4) is 0 Å². The van der Waals surface area contributed by atoms with Gasteiger partial charge < -0.3 is 10.2 Å². The Bertz CT molecular complexity index is 447. The summed E-state index contributed by atoms with van der Waals surface area (Å²) in [6, 6.07) is 6.55. The first-order valence-electron chi connectivity index (χ1n) is 7.34. The van der Waals surface area contributed by atoms with E-state index in [1.807, 2.05) is 0 Å². The third kappa shape index (κ3) is 4.78. The number of anilines is 1. The zero-order chi connectivity index (χ0) is 15.6. The second-order valence-electron chi connectivity index (χ2n) is 7.10. The van der Waals surface area contributed by atoms with E-state index >= 15 is 0 Å². The maximum atomic E-state index is 3.60. The van der Waals surface area contributed by atoms with Gasteiger partial charge in [-0.3, -0.25) is 0 Å². The molecule has 114 valence electrons. The Labute approximate surface area is 133 Å². The van der Waals surface area contributed by atoms with Gasteiger partial charge in [0.05, 0.1) is 0 Å². The quantitative estimate of drug-likeness (QED) is 0.814. The topological polar surface area (TPSA) is 15.3 Å². The van der Waals surface area contributed by atoms with Crippen molar-refractivity contribution in [3.8, 4) is 0 Å². The largest absolute Gasteiger partial charge is 0.369 e. The van der Waals surface area contributed by atoms with E-state index in [9.17, 15) is 0 Å². The lowest BCUT2D eigenvalue weighted by atomic mass is 9.97. The standard InChI is InChI=1S/C17H29BrN2/c1-8-17(5,6)20(7)15-11-14(18)10-9-13(15)12-19-16(2,3)4/h9-11,19H,8,12H2,1-7H3. The highest BCUT2D eigenvalue weighted by atomic mass is 79.9. The molecular weight excluding hydrogens is 312 g/mol. The molecule has 0 atom stereocenters. The number of halogens is 1. The van der Waals surface area contributed by atoms with Gasteiger partial charge in [0.15, 0.2) is 0 Å². The second-order valence-corrected chi connectivity index (χ2v) is 8.02. The minimum Gasteiger partial charge on any atom is -0.369 e. The fourth-order valence-electron chi connectivity index (χ4n) is 1.92. The molecule has 0 spiro atoms. The summed E-state index contributed by atoms with van der Waals surface area (Å²) in [5, 5.41) is 3.58. The maximum absolute atomic E-state index is 3.60. The van der Waals surface area contributed by atoms with E-state index in [4.69, 9.17) is 0 Å². The zero-order valence-electron chi connectivity index (χ0n) is 14.0. The van der Waals surface area contributed by atoms with Crippen molar-refractivity contribution in [3.63, 3.8) is 0 Å². The highest BCUT2D eigenvalue weighted by Gasteiger charge is 2.23. The number of nitrogens with one attached hydrogen (secondary N) is 1. The van der Waals surface area contributed by atoms with Crippen molar-refractivity contribution in [1.82, 2.24) is 5.32 Å². The lowest BCUT2D eigenvalue weighted by Gasteiger charge is -2.38. The fourth-order valence-corrected chi connectivity index (χ4v) is 2.27. The number of nitrogens with zero attached hydrogens (tertiary/aromatic N) is 1. The van der Waals surface area contributed by atoms with Gasteiger partial charge in [-0.15, -0.1) is 0 Å². The molecule has 0 radical (unpaired) electrons. The second kappa shape index (κ2) is 6.48. The van der Waals surface area contributed by atoms with Crippen LogP contribution >= 0.6 is 15.9 Å². The molecule has 0 fully saturated rings. The SMILES string of the molecule is CCC(C)(C)N(C)c1cc(Br)ccc1CNC(C)(C)C. The molecule has 1 rings (SSSR count). The maximum Gasteiger partial charge on any atom is 0.0425 e. The molecule has 0 heterocycles. The Hall–Kier alpha value is -0.540. The van der Waals surface area contributed by atoms with Gasteiger partial charge in [0.1, 0.15) is 0 Å². The zero-order valence-corrected chi connectivity index (χ0v) is 15.6. The molecule has 1 N–H and O–H groups in total. The van der Waals surface area contributed by atoms with Gasteiger partial charge in [-0.1, -0.05) is 28.9 Å². The smallest absolute Gasteiger partial charge is 0.0425 e. The van der Waals surface area contributed by atoms with E-state index in [1.54, 1.807) is 0 Å². The van der Waals surface area contributed by atoms with Crippen LogP contribution in [-0.4, -0.2) is 18.1 Å². The highest BCUT2D eigenvalue weighted by molar-refractivity contribution is 9.10. The Balaban J connectivity index is 3.08. The molecule has 2 nitrogen and oxygen atoms in total. The molecule has 0 aliphatic carbocycles. The fraction of sp³-hybridized carbons (Fsp3) is 0.647. The predicted octanol–water partition coefficient (Wildman–Crippen LogP) is 4.96. The van der Waals surface area contributed by atoms with E-state index in [0.29, 0.717) is 0 Å². The van der Waals surface area contributed by atoms with Crippen molar-refractivity contribution in [1.29, 1.82) is 0 Å².